The van der Waals surface area contributed by atoms with Crippen molar-refractivity contribution in [3.8, 4) is 0 Å². The molecule has 2 unspecified atom stereocenters. The summed E-state index contributed by atoms with van der Waals surface area (Å²) < 4.78 is 0. The Morgan fingerprint density at radius 2 is 1.79 bits per heavy atom. The van der Waals surface area contributed by atoms with Crippen LogP contribution in [0.3, 0.4) is 0 Å². The topological polar surface area (TPSA) is 66.6 Å². The number of likely N-dealkylation sites (tertiary alicyclic amines) is 1. The summed E-state index contributed by atoms with van der Waals surface area (Å²) in [7, 11) is 0. The Labute approximate surface area is 172 Å². The van der Waals surface area contributed by atoms with E-state index >= 15 is 0 Å². The van der Waals surface area contributed by atoms with Crippen molar-refractivity contribution in [3.05, 3.63) is 42.5 Å². The van der Waals surface area contributed by atoms with Crippen LogP contribution in [0, 0.1) is 11.8 Å². The molecule has 2 aliphatic rings. The van der Waals surface area contributed by atoms with E-state index in [1.807, 2.05) is 54.3 Å². The normalized spacial score (nSPS) is 21.6. The number of nitrogens with two attached hydrogens (primary N) is 1. The molecule has 6 heteroatoms. The van der Waals surface area contributed by atoms with Crippen molar-refractivity contribution < 1.29 is 9.59 Å². The van der Waals surface area contributed by atoms with Crippen molar-refractivity contribution in [2.45, 2.75) is 32.2 Å². The lowest BCUT2D eigenvalue weighted by Gasteiger charge is -2.35. The van der Waals surface area contributed by atoms with Gasteiger partial charge in [0.05, 0.1) is 11.6 Å². The van der Waals surface area contributed by atoms with E-state index in [9.17, 15) is 9.59 Å². The molecule has 28 heavy (non-hydrogen) atoms. The fourth-order valence-electron chi connectivity index (χ4n) is 4.45. The van der Waals surface area contributed by atoms with Crippen molar-refractivity contribution >= 4 is 40.7 Å². The number of anilines is 1. The minimum absolute atomic E-state index is 0. The van der Waals surface area contributed by atoms with Gasteiger partial charge in [-0.2, -0.15) is 0 Å². The number of benzene rings is 2. The van der Waals surface area contributed by atoms with Crippen LogP contribution in [-0.2, 0) is 9.59 Å². The Balaban J connectivity index is 0.00000225. The van der Waals surface area contributed by atoms with Crippen LogP contribution < -0.4 is 10.6 Å². The number of carbonyl (C=O) groups excluding carboxylic acids is 2. The molecule has 0 spiro atoms. The van der Waals surface area contributed by atoms with E-state index in [2.05, 4.69) is 0 Å². The smallest absolute Gasteiger partial charge is 0.228 e. The minimum Gasteiger partial charge on any atom is -0.342 e. The van der Waals surface area contributed by atoms with Crippen LogP contribution in [0.1, 0.15) is 26.2 Å². The maximum atomic E-state index is 13.0. The van der Waals surface area contributed by atoms with Crippen LogP contribution in [0.25, 0.3) is 10.8 Å². The van der Waals surface area contributed by atoms with Crippen LogP contribution in [-0.4, -0.2) is 42.4 Å². The van der Waals surface area contributed by atoms with Gasteiger partial charge in [0.15, 0.2) is 0 Å². The Bertz CT molecular complexity index is 856. The standard InChI is InChI=1S/C22H27N3O2.ClH/c1-15(23)16-9-11-24(12-10-16)22(27)18-13-21(26)25(14-18)20-8-4-6-17-5-2-3-7-19(17)20;/h2-8,15-16,18H,9-14,23H2,1H3;1H. The van der Waals surface area contributed by atoms with Gasteiger partial charge in [-0.1, -0.05) is 36.4 Å². The highest BCUT2D eigenvalue weighted by Gasteiger charge is 2.38. The Morgan fingerprint density at radius 3 is 2.50 bits per heavy atom. The predicted molar refractivity (Wildman–Crippen MR) is 115 cm³/mol. The molecule has 2 amide bonds. The molecule has 2 saturated heterocycles. The first-order valence-corrected chi connectivity index (χ1v) is 9.87. The molecule has 2 aliphatic heterocycles. The molecule has 150 valence electrons. The molecule has 4 rings (SSSR count). The zero-order chi connectivity index (χ0) is 19.0. The van der Waals surface area contributed by atoms with E-state index < -0.39 is 0 Å². The number of piperidine rings is 1. The Kier molecular flexibility index (Phi) is 6.26. The predicted octanol–water partition coefficient (Wildman–Crippen LogP) is 3.20. The van der Waals surface area contributed by atoms with Crippen molar-refractivity contribution in [1.82, 2.24) is 4.90 Å². The van der Waals surface area contributed by atoms with E-state index in [0.717, 1.165) is 42.4 Å². The second-order valence-electron chi connectivity index (χ2n) is 7.93. The average Bonchev–Trinajstić information content (AvgIpc) is 3.08. The van der Waals surface area contributed by atoms with Gasteiger partial charge in [-0.05, 0) is 37.1 Å². The van der Waals surface area contributed by atoms with Gasteiger partial charge in [0, 0.05) is 37.5 Å². The Morgan fingerprint density at radius 1 is 1.11 bits per heavy atom. The SMILES string of the molecule is CC(N)C1CCN(C(=O)C2CC(=O)N(c3cccc4ccccc34)C2)CC1.Cl. The third-order valence-electron chi connectivity index (χ3n) is 6.13. The fourth-order valence-corrected chi connectivity index (χ4v) is 4.45. The number of halogens is 1. The van der Waals surface area contributed by atoms with Crippen molar-refractivity contribution in [3.63, 3.8) is 0 Å². The fraction of sp³-hybridized carbons (Fsp3) is 0.455. The lowest BCUT2D eigenvalue weighted by Crippen LogP contribution is -2.45. The molecule has 2 heterocycles. The number of carbonyl (C=O) groups is 2. The monoisotopic (exact) mass is 401 g/mol. The zero-order valence-corrected chi connectivity index (χ0v) is 17.0. The highest BCUT2D eigenvalue weighted by atomic mass is 35.5. The van der Waals surface area contributed by atoms with Gasteiger partial charge in [0.25, 0.3) is 0 Å². The van der Waals surface area contributed by atoms with Crippen LogP contribution in [0.15, 0.2) is 42.5 Å². The van der Waals surface area contributed by atoms with Crippen molar-refractivity contribution in [1.29, 1.82) is 0 Å². The van der Waals surface area contributed by atoms with Gasteiger partial charge in [0.1, 0.15) is 0 Å². The molecular weight excluding hydrogens is 374 g/mol. The van der Waals surface area contributed by atoms with Crippen molar-refractivity contribution in [2.24, 2.45) is 17.6 Å². The average molecular weight is 402 g/mol. The molecule has 0 saturated carbocycles. The first-order chi connectivity index (χ1) is 13.0. The molecule has 2 aromatic carbocycles. The number of hydrogen-bond acceptors (Lipinski definition) is 3. The van der Waals surface area contributed by atoms with Crippen LogP contribution in [0.4, 0.5) is 5.69 Å². The molecule has 0 aliphatic carbocycles. The maximum Gasteiger partial charge on any atom is 0.228 e. The first kappa shape index (κ1) is 20.6. The molecule has 0 radical (unpaired) electrons. The van der Waals surface area contributed by atoms with Crippen molar-refractivity contribution in [2.75, 3.05) is 24.5 Å². The van der Waals surface area contributed by atoms with E-state index in [0.29, 0.717) is 18.9 Å². The second-order valence-corrected chi connectivity index (χ2v) is 7.93. The van der Waals surface area contributed by atoms with Gasteiger partial charge in [-0.15, -0.1) is 12.4 Å². The van der Waals surface area contributed by atoms with Gasteiger partial charge in [-0.25, -0.2) is 0 Å². The first-order valence-electron chi connectivity index (χ1n) is 9.87. The molecule has 0 aromatic heterocycles. The van der Waals surface area contributed by atoms with E-state index in [4.69, 9.17) is 5.73 Å². The van der Waals surface area contributed by atoms with Gasteiger partial charge < -0.3 is 15.5 Å². The highest BCUT2D eigenvalue weighted by molar-refractivity contribution is 6.07. The lowest BCUT2D eigenvalue weighted by atomic mass is 9.90. The number of hydrogen-bond donors (Lipinski definition) is 1. The number of nitrogens with zero attached hydrogens (tertiary/aromatic N) is 2. The molecule has 2 atom stereocenters. The third-order valence-corrected chi connectivity index (χ3v) is 6.13. The maximum absolute atomic E-state index is 13.0. The summed E-state index contributed by atoms with van der Waals surface area (Å²) in [6, 6.07) is 14.2. The zero-order valence-electron chi connectivity index (χ0n) is 16.2. The summed E-state index contributed by atoms with van der Waals surface area (Å²) >= 11 is 0. The lowest BCUT2D eigenvalue weighted by molar-refractivity contribution is -0.137. The molecule has 0 bridgehead atoms. The second kappa shape index (κ2) is 8.50. The summed E-state index contributed by atoms with van der Waals surface area (Å²) in [4.78, 5) is 29.4. The Hall–Kier alpha value is -2.11. The van der Waals surface area contributed by atoms with Gasteiger partial charge >= 0.3 is 0 Å². The molecule has 2 N–H and O–H groups in total. The van der Waals surface area contributed by atoms with E-state index in [-0.39, 0.29) is 36.2 Å². The summed E-state index contributed by atoms with van der Waals surface area (Å²) in [5, 5.41) is 2.16. The summed E-state index contributed by atoms with van der Waals surface area (Å²) in [6.45, 7) is 4.02. The molecular formula is C22H28ClN3O2. The summed E-state index contributed by atoms with van der Waals surface area (Å²) in [6.07, 6.45) is 2.21. The van der Waals surface area contributed by atoms with Crippen LogP contribution in [0.2, 0.25) is 0 Å². The van der Waals surface area contributed by atoms with Crippen LogP contribution >= 0.6 is 12.4 Å². The quantitative estimate of drug-likeness (QED) is 0.858. The van der Waals surface area contributed by atoms with E-state index in [1.165, 1.54) is 0 Å². The number of rotatable bonds is 3. The number of amides is 2. The molecule has 5 nitrogen and oxygen atoms in total. The summed E-state index contributed by atoms with van der Waals surface area (Å²) in [5.74, 6) is 0.402. The summed E-state index contributed by atoms with van der Waals surface area (Å²) in [5.41, 5.74) is 6.91. The van der Waals surface area contributed by atoms with E-state index in [1.54, 1.807) is 4.90 Å². The van der Waals surface area contributed by atoms with Gasteiger partial charge in [-0.3, -0.25) is 9.59 Å². The molecule has 2 fully saturated rings. The number of fused-ring (bicyclic) bond motifs is 1. The third kappa shape index (κ3) is 3.87. The highest BCUT2D eigenvalue weighted by Crippen LogP contribution is 2.33. The van der Waals surface area contributed by atoms with Gasteiger partial charge in [0.2, 0.25) is 11.8 Å². The molecule has 2 aromatic rings. The minimum atomic E-state index is -0.247. The van der Waals surface area contributed by atoms with Crippen LogP contribution in [0.5, 0.6) is 0 Å². The largest absolute Gasteiger partial charge is 0.342 e.